The number of piperidine rings is 1. The van der Waals surface area contributed by atoms with Crippen molar-refractivity contribution in [1.29, 1.82) is 0 Å². The summed E-state index contributed by atoms with van der Waals surface area (Å²) in [4.78, 5) is 13.1. The van der Waals surface area contributed by atoms with Crippen LogP contribution < -0.4 is 10.4 Å². The SMILES string of the molecule is C[C@H]1C(C(=O)NN2CCCCC2)=NN(c2ccc(Cl)cc2Cl)[C@@H]1c1ccccc1. The maximum atomic E-state index is 13.1. The molecular weight excluding hydrogens is 407 g/mol. The first-order valence-electron chi connectivity index (χ1n) is 9.98. The summed E-state index contributed by atoms with van der Waals surface area (Å²) in [5.41, 5.74) is 5.36. The molecule has 1 N–H and O–H groups in total. The molecule has 2 aromatic rings. The molecule has 1 amide bonds. The highest BCUT2D eigenvalue weighted by Gasteiger charge is 2.40. The molecule has 7 heteroatoms. The minimum Gasteiger partial charge on any atom is -0.284 e. The van der Waals surface area contributed by atoms with E-state index in [0.717, 1.165) is 37.2 Å². The van der Waals surface area contributed by atoms with Gasteiger partial charge in [0.25, 0.3) is 5.91 Å². The minimum atomic E-state index is -0.145. The third-order valence-corrected chi connectivity index (χ3v) is 6.07. The molecule has 0 spiro atoms. The number of hydrogen-bond donors (Lipinski definition) is 1. The lowest BCUT2D eigenvalue weighted by Gasteiger charge is -2.28. The van der Waals surface area contributed by atoms with Crippen molar-refractivity contribution in [3.63, 3.8) is 0 Å². The fourth-order valence-electron chi connectivity index (χ4n) is 4.04. The van der Waals surface area contributed by atoms with Crippen molar-refractivity contribution >= 4 is 40.5 Å². The van der Waals surface area contributed by atoms with Gasteiger partial charge >= 0.3 is 0 Å². The molecule has 0 bridgehead atoms. The standard InChI is InChI=1S/C22H24Cl2N4O/c1-15-20(22(29)26-27-12-6-3-7-13-27)25-28(19-11-10-17(23)14-18(19)24)21(15)16-8-4-2-5-9-16/h2,4-5,8-11,14-15,21H,3,6-7,12-13H2,1H3,(H,26,29)/t15-,21-/m0/s1. The van der Waals surface area contributed by atoms with Crippen molar-refractivity contribution in [2.24, 2.45) is 11.0 Å². The van der Waals surface area contributed by atoms with E-state index in [0.29, 0.717) is 15.8 Å². The van der Waals surface area contributed by atoms with Gasteiger partial charge in [-0.1, -0.05) is 66.9 Å². The van der Waals surface area contributed by atoms with E-state index in [9.17, 15) is 4.79 Å². The summed E-state index contributed by atoms with van der Waals surface area (Å²) in [7, 11) is 0. The molecular formula is C22H24Cl2N4O. The van der Waals surface area contributed by atoms with Crippen LogP contribution in [0, 0.1) is 5.92 Å². The summed E-state index contributed by atoms with van der Waals surface area (Å²) < 4.78 is 0. The van der Waals surface area contributed by atoms with Crippen LogP contribution in [0.5, 0.6) is 0 Å². The fourth-order valence-corrected chi connectivity index (χ4v) is 4.54. The zero-order valence-corrected chi connectivity index (χ0v) is 17.8. The lowest BCUT2D eigenvalue weighted by atomic mass is 9.91. The molecule has 2 heterocycles. The van der Waals surface area contributed by atoms with Crippen LogP contribution >= 0.6 is 23.2 Å². The lowest BCUT2D eigenvalue weighted by molar-refractivity contribution is -0.120. The number of hydrazine groups is 1. The Bertz CT molecular complexity index is 912. The second kappa shape index (κ2) is 8.74. The molecule has 5 nitrogen and oxygen atoms in total. The van der Waals surface area contributed by atoms with Gasteiger partial charge in [-0.3, -0.25) is 15.2 Å². The number of hydrazone groups is 1. The van der Waals surface area contributed by atoms with Gasteiger partial charge in [0.2, 0.25) is 0 Å². The van der Waals surface area contributed by atoms with E-state index in [1.807, 2.05) is 41.2 Å². The van der Waals surface area contributed by atoms with Gasteiger partial charge in [0.1, 0.15) is 5.71 Å². The summed E-state index contributed by atoms with van der Waals surface area (Å²) in [6, 6.07) is 15.3. The summed E-state index contributed by atoms with van der Waals surface area (Å²) in [6.07, 6.45) is 3.41. The molecule has 2 atom stereocenters. The number of benzene rings is 2. The van der Waals surface area contributed by atoms with Gasteiger partial charge < -0.3 is 0 Å². The van der Waals surface area contributed by atoms with E-state index in [1.165, 1.54) is 6.42 Å². The number of nitrogens with zero attached hydrogens (tertiary/aromatic N) is 3. The normalized spacial score (nSPS) is 22.4. The number of halogens is 2. The minimum absolute atomic E-state index is 0.103. The molecule has 2 aromatic carbocycles. The average molecular weight is 431 g/mol. The molecule has 0 aliphatic carbocycles. The van der Waals surface area contributed by atoms with E-state index >= 15 is 0 Å². The Hall–Kier alpha value is -2.08. The van der Waals surface area contributed by atoms with Crippen LogP contribution in [0.4, 0.5) is 5.69 Å². The molecule has 2 aliphatic heterocycles. The molecule has 0 unspecified atom stereocenters. The molecule has 0 radical (unpaired) electrons. The first kappa shape index (κ1) is 20.2. The van der Waals surface area contributed by atoms with Crippen LogP contribution in [0.3, 0.4) is 0 Å². The summed E-state index contributed by atoms with van der Waals surface area (Å²) in [5, 5.41) is 9.66. The first-order valence-corrected chi connectivity index (χ1v) is 10.7. The van der Waals surface area contributed by atoms with E-state index in [1.54, 1.807) is 12.1 Å². The predicted molar refractivity (Wildman–Crippen MR) is 118 cm³/mol. The molecule has 4 rings (SSSR count). The van der Waals surface area contributed by atoms with Crippen LogP contribution in [0.25, 0.3) is 0 Å². The number of carbonyl (C=O) groups is 1. The number of carbonyl (C=O) groups excluding carboxylic acids is 1. The smallest absolute Gasteiger partial charge is 0.282 e. The average Bonchev–Trinajstić information content (AvgIpc) is 3.06. The van der Waals surface area contributed by atoms with Gasteiger partial charge in [0.15, 0.2) is 0 Å². The summed E-state index contributed by atoms with van der Waals surface area (Å²) in [6.45, 7) is 3.79. The van der Waals surface area contributed by atoms with Gasteiger partial charge in [-0.2, -0.15) is 5.10 Å². The molecule has 0 saturated carbocycles. The van der Waals surface area contributed by atoms with Crippen molar-refractivity contribution in [2.75, 3.05) is 18.1 Å². The van der Waals surface area contributed by atoms with Crippen LogP contribution in [0.2, 0.25) is 10.0 Å². The molecule has 0 aromatic heterocycles. The highest BCUT2D eigenvalue weighted by molar-refractivity contribution is 6.41. The third kappa shape index (κ3) is 4.27. The van der Waals surface area contributed by atoms with E-state index in [4.69, 9.17) is 28.3 Å². The first-order chi connectivity index (χ1) is 14.0. The zero-order chi connectivity index (χ0) is 20.4. The van der Waals surface area contributed by atoms with E-state index < -0.39 is 0 Å². The van der Waals surface area contributed by atoms with Gasteiger partial charge in [-0.05, 0) is 36.6 Å². The fraction of sp³-hybridized carbons (Fsp3) is 0.364. The van der Waals surface area contributed by atoms with Crippen LogP contribution in [0.15, 0.2) is 53.6 Å². The number of anilines is 1. The van der Waals surface area contributed by atoms with Gasteiger partial charge in [0.05, 0.1) is 16.8 Å². The van der Waals surface area contributed by atoms with Crippen molar-refractivity contribution in [1.82, 2.24) is 10.4 Å². The predicted octanol–water partition coefficient (Wildman–Crippen LogP) is 5.06. The largest absolute Gasteiger partial charge is 0.284 e. The Kier molecular flexibility index (Phi) is 6.09. The second-order valence-electron chi connectivity index (χ2n) is 7.56. The van der Waals surface area contributed by atoms with Crippen molar-refractivity contribution in [3.05, 3.63) is 64.1 Å². The lowest BCUT2D eigenvalue weighted by Crippen LogP contribution is -2.48. The van der Waals surface area contributed by atoms with Gasteiger partial charge in [-0.25, -0.2) is 5.01 Å². The number of nitrogens with one attached hydrogen (secondary N) is 1. The van der Waals surface area contributed by atoms with E-state index in [2.05, 4.69) is 17.6 Å². The topological polar surface area (TPSA) is 47.9 Å². The van der Waals surface area contributed by atoms with Crippen LogP contribution in [-0.4, -0.2) is 29.7 Å². The molecule has 152 valence electrons. The van der Waals surface area contributed by atoms with Crippen molar-refractivity contribution < 1.29 is 4.79 Å². The Labute approximate surface area is 181 Å². The monoisotopic (exact) mass is 430 g/mol. The quantitative estimate of drug-likeness (QED) is 0.736. The van der Waals surface area contributed by atoms with E-state index in [-0.39, 0.29) is 17.9 Å². The van der Waals surface area contributed by atoms with Gasteiger partial charge in [-0.15, -0.1) is 0 Å². The summed E-state index contributed by atoms with van der Waals surface area (Å²) >= 11 is 12.6. The number of rotatable bonds is 4. The van der Waals surface area contributed by atoms with Crippen LogP contribution in [-0.2, 0) is 4.79 Å². The Morgan fingerprint density at radius 1 is 1.07 bits per heavy atom. The number of amides is 1. The maximum absolute atomic E-state index is 13.1. The van der Waals surface area contributed by atoms with Crippen molar-refractivity contribution in [2.45, 2.75) is 32.2 Å². The van der Waals surface area contributed by atoms with Crippen LogP contribution in [0.1, 0.15) is 37.8 Å². The second-order valence-corrected chi connectivity index (χ2v) is 8.40. The maximum Gasteiger partial charge on any atom is 0.282 e. The highest BCUT2D eigenvalue weighted by Crippen LogP contribution is 2.42. The zero-order valence-electron chi connectivity index (χ0n) is 16.3. The van der Waals surface area contributed by atoms with Gasteiger partial charge in [0, 0.05) is 24.0 Å². The highest BCUT2D eigenvalue weighted by atomic mass is 35.5. The Balaban J connectivity index is 1.67. The van der Waals surface area contributed by atoms with Crippen molar-refractivity contribution in [3.8, 4) is 0 Å². The molecule has 2 aliphatic rings. The number of hydrogen-bond acceptors (Lipinski definition) is 4. The third-order valence-electron chi connectivity index (χ3n) is 5.53. The Morgan fingerprint density at radius 2 is 1.79 bits per heavy atom. The molecule has 1 saturated heterocycles. The summed E-state index contributed by atoms with van der Waals surface area (Å²) in [5.74, 6) is -0.248. The molecule has 29 heavy (non-hydrogen) atoms. The Morgan fingerprint density at radius 3 is 2.48 bits per heavy atom. The molecule has 1 fully saturated rings.